The summed E-state index contributed by atoms with van der Waals surface area (Å²) in [5.41, 5.74) is 0.282. The van der Waals surface area contributed by atoms with Gasteiger partial charge in [0.1, 0.15) is 10.6 Å². The zero-order valence-corrected chi connectivity index (χ0v) is 12.3. The van der Waals surface area contributed by atoms with Crippen molar-refractivity contribution < 1.29 is 18.3 Å². The first-order valence-electron chi connectivity index (χ1n) is 6.06. The van der Waals surface area contributed by atoms with E-state index in [1.54, 1.807) is 6.92 Å². The zero-order valence-electron chi connectivity index (χ0n) is 11.5. The number of aromatic carboxylic acids is 1. The standard InChI is InChI=1S/C12H17N3O4S/c1-4-9(5-6-13)15-20(18,19)11-7(2)10(12(16)17)14-8(11)3/h9,14-15H,4-5H2,1-3H3,(H,16,17). The molecule has 1 rings (SSSR count). The van der Waals surface area contributed by atoms with Gasteiger partial charge >= 0.3 is 5.97 Å². The van der Waals surface area contributed by atoms with Crippen LogP contribution in [0.5, 0.6) is 0 Å². The van der Waals surface area contributed by atoms with Gasteiger partial charge in [0.05, 0.1) is 12.5 Å². The van der Waals surface area contributed by atoms with Gasteiger partial charge in [-0.25, -0.2) is 17.9 Å². The molecule has 0 radical (unpaired) electrons. The number of rotatable bonds is 6. The highest BCUT2D eigenvalue weighted by atomic mass is 32.2. The van der Waals surface area contributed by atoms with Crippen molar-refractivity contribution in [3.05, 3.63) is 17.0 Å². The average molecular weight is 299 g/mol. The van der Waals surface area contributed by atoms with Gasteiger partial charge in [-0.3, -0.25) is 0 Å². The molecule has 1 aromatic rings. The third kappa shape index (κ3) is 3.18. The highest BCUT2D eigenvalue weighted by molar-refractivity contribution is 7.89. The minimum absolute atomic E-state index is 0.0596. The van der Waals surface area contributed by atoms with Gasteiger partial charge in [0.2, 0.25) is 10.0 Å². The third-order valence-electron chi connectivity index (χ3n) is 3.00. The molecule has 0 spiro atoms. The summed E-state index contributed by atoms with van der Waals surface area (Å²) in [5, 5.41) is 17.6. The first-order chi connectivity index (χ1) is 9.24. The molecule has 0 saturated carbocycles. The van der Waals surface area contributed by atoms with E-state index in [0.717, 1.165) is 0 Å². The second-order valence-corrected chi connectivity index (χ2v) is 6.12. The normalized spacial score (nSPS) is 12.9. The molecule has 0 aliphatic heterocycles. The van der Waals surface area contributed by atoms with Crippen LogP contribution in [-0.4, -0.2) is 30.5 Å². The summed E-state index contributed by atoms with van der Waals surface area (Å²) in [7, 11) is -3.86. The number of carboxylic acid groups (broad SMARTS) is 1. The molecule has 0 aromatic carbocycles. The van der Waals surface area contributed by atoms with E-state index in [2.05, 4.69) is 9.71 Å². The van der Waals surface area contributed by atoms with E-state index in [-0.39, 0.29) is 28.3 Å². The predicted molar refractivity (Wildman–Crippen MR) is 71.9 cm³/mol. The minimum Gasteiger partial charge on any atom is -0.477 e. The molecule has 20 heavy (non-hydrogen) atoms. The number of carbonyl (C=O) groups is 1. The fraction of sp³-hybridized carbons (Fsp3) is 0.500. The van der Waals surface area contributed by atoms with Crippen LogP contribution >= 0.6 is 0 Å². The van der Waals surface area contributed by atoms with Gasteiger partial charge in [0, 0.05) is 17.3 Å². The molecule has 1 unspecified atom stereocenters. The number of nitrogens with zero attached hydrogens (tertiary/aromatic N) is 1. The van der Waals surface area contributed by atoms with Crippen molar-refractivity contribution in [2.45, 2.75) is 44.6 Å². The van der Waals surface area contributed by atoms with E-state index < -0.39 is 22.0 Å². The first-order valence-corrected chi connectivity index (χ1v) is 7.54. The Kier molecular flexibility index (Phi) is 4.92. The smallest absolute Gasteiger partial charge is 0.352 e. The number of hydrogen-bond acceptors (Lipinski definition) is 4. The van der Waals surface area contributed by atoms with E-state index in [0.29, 0.717) is 6.42 Å². The van der Waals surface area contributed by atoms with Crippen LogP contribution in [0.3, 0.4) is 0 Å². The summed E-state index contributed by atoms with van der Waals surface area (Å²) in [6, 6.07) is 1.42. The highest BCUT2D eigenvalue weighted by Gasteiger charge is 2.27. The maximum Gasteiger partial charge on any atom is 0.352 e. The molecule has 3 N–H and O–H groups in total. The molecular weight excluding hydrogens is 282 g/mol. The SMILES string of the molecule is CCC(CC#N)NS(=O)(=O)c1c(C)[nH]c(C(=O)O)c1C. The van der Waals surface area contributed by atoms with Crippen LogP contribution in [-0.2, 0) is 10.0 Å². The van der Waals surface area contributed by atoms with Gasteiger partial charge in [-0.05, 0) is 20.3 Å². The summed E-state index contributed by atoms with van der Waals surface area (Å²) in [6.45, 7) is 4.70. The van der Waals surface area contributed by atoms with Crippen molar-refractivity contribution in [3.63, 3.8) is 0 Å². The third-order valence-corrected chi connectivity index (χ3v) is 4.80. The molecule has 0 aliphatic carbocycles. The van der Waals surface area contributed by atoms with Crippen molar-refractivity contribution in [1.29, 1.82) is 5.26 Å². The maximum absolute atomic E-state index is 12.3. The summed E-state index contributed by atoms with van der Waals surface area (Å²) in [6.07, 6.45) is 0.533. The number of sulfonamides is 1. The molecule has 0 fully saturated rings. The van der Waals surface area contributed by atoms with Gasteiger partial charge < -0.3 is 10.1 Å². The first kappa shape index (κ1) is 16.2. The molecule has 0 saturated heterocycles. The van der Waals surface area contributed by atoms with E-state index in [1.807, 2.05) is 6.07 Å². The second kappa shape index (κ2) is 6.07. The largest absolute Gasteiger partial charge is 0.477 e. The lowest BCUT2D eigenvalue weighted by Gasteiger charge is -2.14. The molecule has 1 atom stereocenters. The average Bonchev–Trinajstić information content (AvgIpc) is 2.64. The second-order valence-electron chi connectivity index (χ2n) is 4.47. The Morgan fingerprint density at radius 3 is 2.50 bits per heavy atom. The van der Waals surface area contributed by atoms with Gasteiger partial charge in [-0.15, -0.1) is 0 Å². The number of aryl methyl sites for hydroxylation is 1. The summed E-state index contributed by atoms with van der Waals surface area (Å²) in [5.74, 6) is -1.21. The number of carboxylic acids is 1. The van der Waals surface area contributed by atoms with Gasteiger partial charge in [-0.2, -0.15) is 5.26 Å². The van der Waals surface area contributed by atoms with Crippen LogP contribution < -0.4 is 4.72 Å². The molecule has 0 aliphatic rings. The van der Waals surface area contributed by atoms with Crippen LogP contribution in [0.2, 0.25) is 0 Å². The van der Waals surface area contributed by atoms with Crippen molar-refractivity contribution >= 4 is 16.0 Å². The predicted octanol–water partition coefficient (Wildman–Crippen LogP) is 1.30. The van der Waals surface area contributed by atoms with Crippen molar-refractivity contribution in [2.75, 3.05) is 0 Å². The lowest BCUT2D eigenvalue weighted by molar-refractivity contribution is 0.0690. The van der Waals surface area contributed by atoms with Gasteiger partial charge in [-0.1, -0.05) is 6.92 Å². The van der Waals surface area contributed by atoms with E-state index in [4.69, 9.17) is 10.4 Å². The highest BCUT2D eigenvalue weighted by Crippen LogP contribution is 2.23. The molecule has 1 heterocycles. The topological polar surface area (TPSA) is 123 Å². The Hall–Kier alpha value is -1.85. The zero-order chi connectivity index (χ0) is 15.5. The summed E-state index contributed by atoms with van der Waals surface area (Å²) >= 11 is 0. The van der Waals surface area contributed by atoms with Crippen LogP contribution in [0.25, 0.3) is 0 Å². The lowest BCUT2D eigenvalue weighted by Crippen LogP contribution is -2.34. The summed E-state index contributed by atoms with van der Waals surface area (Å²) in [4.78, 5) is 13.5. The quantitative estimate of drug-likeness (QED) is 0.730. The number of hydrogen-bond donors (Lipinski definition) is 3. The lowest BCUT2D eigenvalue weighted by atomic mass is 10.2. The molecule has 0 bridgehead atoms. The minimum atomic E-state index is -3.86. The van der Waals surface area contributed by atoms with Crippen LogP contribution in [0.4, 0.5) is 0 Å². The molecule has 7 nitrogen and oxygen atoms in total. The maximum atomic E-state index is 12.3. The van der Waals surface area contributed by atoms with Gasteiger partial charge in [0.25, 0.3) is 0 Å². The fourth-order valence-electron chi connectivity index (χ4n) is 2.01. The number of aromatic nitrogens is 1. The molecule has 0 amide bonds. The molecule has 1 aromatic heterocycles. The number of H-pyrrole nitrogens is 1. The molecule has 8 heteroatoms. The van der Waals surface area contributed by atoms with Crippen molar-refractivity contribution in [1.82, 2.24) is 9.71 Å². The van der Waals surface area contributed by atoms with Crippen molar-refractivity contribution in [3.8, 4) is 6.07 Å². The Balaban J connectivity index is 3.23. The van der Waals surface area contributed by atoms with Crippen LogP contribution in [0, 0.1) is 25.2 Å². The Morgan fingerprint density at radius 1 is 1.50 bits per heavy atom. The van der Waals surface area contributed by atoms with E-state index in [9.17, 15) is 13.2 Å². The molecular formula is C12H17N3O4S. The van der Waals surface area contributed by atoms with Gasteiger partial charge in [0.15, 0.2) is 0 Å². The van der Waals surface area contributed by atoms with E-state index >= 15 is 0 Å². The summed E-state index contributed by atoms with van der Waals surface area (Å²) < 4.78 is 27.1. The molecule has 110 valence electrons. The van der Waals surface area contributed by atoms with Crippen LogP contribution in [0.1, 0.15) is 41.5 Å². The van der Waals surface area contributed by atoms with Crippen LogP contribution in [0.15, 0.2) is 4.90 Å². The number of nitrogens with one attached hydrogen (secondary N) is 2. The van der Waals surface area contributed by atoms with Crippen molar-refractivity contribution in [2.24, 2.45) is 0 Å². The monoisotopic (exact) mass is 299 g/mol. The Morgan fingerprint density at radius 2 is 2.10 bits per heavy atom. The Labute approximate surface area is 117 Å². The van der Waals surface area contributed by atoms with E-state index in [1.165, 1.54) is 13.8 Å². The Bertz CT molecular complexity index is 655. The number of aromatic amines is 1. The number of nitriles is 1. The fourth-order valence-corrected chi connectivity index (χ4v) is 3.77.